The van der Waals surface area contributed by atoms with Crippen LogP contribution in [-0.2, 0) is 4.74 Å². The largest absolute Gasteiger partial charge is 0.464 e. The van der Waals surface area contributed by atoms with E-state index in [-0.39, 0.29) is 0 Å². The van der Waals surface area contributed by atoms with E-state index in [0.29, 0.717) is 16.5 Å². The van der Waals surface area contributed by atoms with Crippen LogP contribution in [0.5, 0.6) is 0 Å². The molecule has 19 heavy (non-hydrogen) atoms. The Kier molecular flexibility index (Phi) is 5.58. The third-order valence-corrected chi connectivity index (χ3v) is 2.41. The maximum absolute atomic E-state index is 11.5. The Morgan fingerprint density at radius 3 is 2.74 bits per heavy atom. The van der Waals surface area contributed by atoms with E-state index in [2.05, 4.69) is 9.72 Å². The van der Waals surface area contributed by atoms with Crippen LogP contribution >= 0.6 is 11.6 Å². The van der Waals surface area contributed by atoms with Gasteiger partial charge in [-0.05, 0) is 24.3 Å². The molecule has 6 heteroatoms. The molecule has 2 rings (SSSR count). The highest BCUT2D eigenvalue weighted by Crippen LogP contribution is 2.19. The monoisotopic (exact) mass is 277 g/mol. The second kappa shape index (κ2) is 7.19. The molecule has 0 spiro atoms. The smallest absolute Gasteiger partial charge is 0.355 e. The highest BCUT2D eigenvalue weighted by Gasteiger charge is 2.14. The van der Waals surface area contributed by atoms with Crippen LogP contribution in [0.25, 0.3) is 5.82 Å². The molecule has 0 aliphatic rings. The Bertz CT molecular complexity index is 602. The van der Waals surface area contributed by atoms with Crippen LogP contribution in [0.1, 0.15) is 17.4 Å². The Morgan fingerprint density at radius 1 is 1.47 bits per heavy atom. The number of halogens is 1. The number of aromatic nitrogens is 2. The van der Waals surface area contributed by atoms with E-state index in [1.807, 2.05) is 0 Å². The molecule has 0 aromatic carbocycles. The van der Waals surface area contributed by atoms with Crippen LogP contribution in [0.2, 0.25) is 5.02 Å². The third kappa shape index (κ3) is 3.57. The number of pyridine rings is 1. The zero-order valence-electron chi connectivity index (χ0n) is 10.5. The summed E-state index contributed by atoms with van der Waals surface area (Å²) in [5, 5.41) is 7.80. The first kappa shape index (κ1) is 14.7. The number of nitrogens with zero attached hydrogens (tertiary/aromatic N) is 3. The number of carbonyl (C=O) groups excluding carboxylic acids is 1. The molecule has 0 N–H and O–H groups in total. The number of rotatable bonds is 2. The summed E-state index contributed by atoms with van der Waals surface area (Å²) in [5.74, 6) is 0.0845. The minimum absolute atomic E-state index is 0.392. The summed E-state index contributed by atoms with van der Waals surface area (Å²) in [6.45, 7) is 1.43. The van der Waals surface area contributed by atoms with Crippen molar-refractivity contribution in [3.63, 3.8) is 0 Å². The van der Waals surface area contributed by atoms with Gasteiger partial charge in [0.25, 0.3) is 0 Å². The first-order valence-electron chi connectivity index (χ1n) is 5.33. The molecule has 2 aromatic rings. The molecule has 0 aliphatic heterocycles. The number of esters is 1. The van der Waals surface area contributed by atoms with Gasteiger partial charge in [-0.3, -0.25) is 4.57 Å². The Morgan fingerprint density at radius 2 is 2.16 bits per heavy atom. The van der Waals surface area contributed by atoms with Gasteiger partial charge in [0.15, 0.2) is 5.82 Å². The number of ether oxygens (including phenoxy) is 1. The summed E-state index contributed by atoms with van der Waals surface area (Å²) in [7, 11) is 1.33. The minimum Gasteiger partial charge on any atom is -0.464 e. The summed E-state index contributed by atoms with van der Waals surface area (Å²) >= 11 is 6.00. The standard InChI is InChI=1S/C11H9ClN2O2.C2H3N/c1-16-11(15)9-5-3-7-14(9)10-8(12)4-2-6-13-10;1-2-3/h2-7H,1H3;1H3. The molecule has 0 fully saturated rings. The predicted octanol–water partition coefficient (Wildman–Crippen LogP) is 2.84. The zero-order valence-corrected chi connectivity index (χ0v) is 11.3. The number of hydrogen-bond acceptors (Lipinski definition) is 4. The van der Waals surface area contributed by atoms with E-state index in [0.717, 1.165) is 0 Å². The van der Waals surface area contributed by atoms with Crippen molar-refractivity contribution >= 4 is 17.6 Å². The minimum atomic E-state index is -0.424. The van der Waals surface area contributed by atoms with Crippen LogP contribution in [0.15, 0.2) is 36.7 Å². The summed E-state index contributed by atoms with van der Waals surface area (Å²) in [6, 6.07) is 8.58. The molecule has 5 nitrogen and oxygen atoms in total. The van der Waals surface area contributed by atoms with Crippen molar-refractivity contribution < 1.29 is 9.53 Å². The molecule has 0 saturated carbocycles. The number of carbonyl (C=O) groups is 1. The lowest BCUT2D eigenvalue weighted by Gasteiger charge is -2.07. The van der Waals surface area contributed by atoms with Gasteiger partial charge in [-0.2, -0.15) is 5.26 Å². The predicted molar refractivity (Wildman–Crippen MR) is 71.2 cm³/mol. The second-order valence-corrected chi connectivity index (χ2v) is 3.69. The van der Waals surface area contributed by atoms with E-state index < -0.39 is 5.97 Å². The number of hydrogen-bond donors (Lipinski definition) is 0. The van der Waals surface area contributed by atoms with Crippen LogP contribution < -0.4 is 0 Å². The van der Waals surface area contributed by atoms with E-state index >= 15 is 0 Å². The molecule has 0 amide bonds. The summed E-state index contributed by atoms with van der Waals surface area (Å²) in [4.78, 5) is 15.6. The van der Waals surface area contributed by atoms with Crippen molar-refractivity contribution in [2.24, 2.45) is 0 Å². The summed E-state index contributed by atoms with van der Waals surface area (Å²) in [5.41, 5.74) is 0.392. The Balaban J connectivity index is 0.000000550. The average molecular weight is 278 g/mol. The highest BCUT2D eigenvalue weighted by molar-refractivity contribution is 6.32. The fourth-order valence-corrected chi connectivity index (χ4v) is 1.60. The van der Waals surface area contributed by atoms with Crippen molar-refractivity contribution in [1.82, 2.24) is 9.55 Å². The number of methoxy groups -OCH3 is 1. The quantitative estimate of drug-likeness (QED) is 0.792. The van der Waals surface area contributed by atoms with Gasteiger partial charge in [-0.25, -0.2) is 9.78 Å². The molecule has 0 atom stereocenters. The van der Waals surface area contributed by atoms with Crippen molar-refractivity contribution in [3.05, 3.63) is 47.4 Å². The lowest BCUT2D eigenvalue weighted by atomic mass is 10.4. The highest BCUT2D eigenvalue weighted by atomic mass is 35.5. The lowest BCUT2D eigenvalue weighted by Crippen LogP contribution is -2.09. The summed E-state index contributed by atoms with van der Waals surface area (Å²) in [6.07, 6.45) is 3.32. The molecule has 0 bridgehead atoms. The Labute approximate surface area is 116 Å². The van der Waals surface area contributed by atoms with Gasteiger partial charge >= 0.3 is 5.97 Å². The molecule has 98 valence electrons. The zero-order chi connectivity index (χ0) is 14.3. The van der Waals surface area contributed by atoms with E-state index in [1.54, 1.807) is 47.3 Å². The van der Waals surface area contributed by atoms with Gasteiger partial charge in [0, 0.05) is 19.3 Å². The maximum atomic E-state index is 11.5. The van der Waals surface area contributed by atoms with Crippen molar-refractivity contribution in [2.45, 2.75) is 6.92 Å². The van der Waals surface area contributed by atoms with Gasteiger partial charge in [-0.15, -0.1) is 0 Å². The van der Waals surface area contributed by atoms with Gasteiger partial charge in [-0.1, -0.05) is 11.6 Å². The fourth-order valence-electron chi connectivity index (χ4n) is 1.39. The summed E-state index contributed by atoms with van der Waals surface area (Å²) < 4.78 is 6.26. The lowest BCUT2D eigenvalue weighted by molar-refractivity contribution is 0.0591. The molecule has 0 saturated heterocycles. The van der Waals surface area contributed by atoms with Crippen molar-refractivity contribution in [1.29, 1.82) is 5.26 Å². The maximum Gasteiger partial charge on any atom is 0.355 e. The van der Waals surface area contributed by atoms with Crippen molar-refractivity contribution in [3.8, 4) is 11.9 Å². The van der Waals surface area contributed by atoms with Crippen LogP contribution in [0.3, 0.4) is 0 Å². The molecular weight excluding hydrogens is 266 g/mol. The van der Waals surface area contributed by atoms with Gasteiger partial charge in [0.1, 0.15) is 5.69 Å². The molecule has 0 radical (unpaired) electrons. The van der Waals surface area contributed by atoms with E-state index in [9.17, 15) is 4.79 Å². The van der Waals surface area contributed by atoms with E-state index in [1.165, 1.54) is 14.0 Å². The SMILES string of the molecule is CC#N.COC(=O)c1cccn1-c1ncccc1Cl. The van der Waals surface area contributed by atoms with Crippen LogP contribution in [0, 0.1) is 11.3 Å². The van der Waals surface area contributed by atoms with E-state index in [4.69, 9.17) is 16.9 Å². The van der Waals surface area contributed by atoms with Gasteiger partial charge < -0.3 is 4.74 Å². The number of nitriles is 1. The van der Waals surface area contributed by atoms with Crippen LogP contribution in [0.4, 0.5) is 0 Å². The fraction of sp³-hybridized carbons (Fsp3) is 0.154. The molecule has 0 unspecified atom stereocenters. The molecule has 0 aliphatic carbocycles. The molecule has 2 aromatic heterocycles. The first-order chi connectivity index (χ1) is 9.15. The van der Waals surface area contributed by atoms with Crippen LogP contribution in [-0.4, -0.2) is 22.6 Å². The normalized spacial score (nSPS) is 8.95. The Hall–Kier alpha value is -2.32. The molecular formula is C13H12ClN3O2. The topological polar surface area (TPSA) is 67.9 Å². The first-order valence-corrected chi connectivity index (χ1v) is 5.70. The second-order valence-electron chi connectivity index (χ2n) is 3.29. The van der Waals surface area contributed by atoms with Crippen molar-refractivity contribution in [2.75, 3.05) is 7.11 Å². The van der Waals surface area contributed by atoms with Gasteiger partial charge in [0.2, 0.25) is 0 Å². The molecule has 2 heterocycles. The third-order valence-electron chi connectivity index (χ3n) is 2.11. The average Bonchev–Trinajstić information content (AvgIpc) is 2.88. The van der Waals surface area contributed by atoms with Gasteiger partial charge in [0.05, 0.1) is 18.2 Å².